The van der Waals surface area contributed by atoms with Gasteiger partial charge < -0.3 is 29.2 Å². The fourth-order valence-electron chi connectivity index (χ4n) is 3.90. The lowest BCUT2D eigenvalue weighted by Gasteiger charge is -2.20. The second-order valence-electron chi connectivity index (χ2n) is 7.21. The van der Waals surface area contributed by atoms with Crippen LogP contribution in [-0.2, 0) is 13.0 Å². The molecule has 1 atom stereocenters. The van der Waals surface area contributed by atoms with Crippen LogP contribution in [0.1, 0.15) is 5.56 Å². The third-order valence-electron chi connectivity index (χ3n) is 5.43. The lowest BCUT2D eigenvalue weighted by Crippen LogP contribution is -2.40. The Bertz CT molecular complexity index is 1080. The Morgan fingerprint density at radius 1 is 1.00 bits per heavy atom. The fourth-order valence-corrected chi connectivity index (χ4v) is 3.90. The Hall–Kier alpha value is -3.03. The van der Waals surface area contributed by atoms with Gasteiger partial charge in [0.1, 0.15) is 12.7 Å². The first-order chi connectivity index (χ1) is 14.6. The van der Waals surface area contributed by atoms with Crippen molar-refractivity contribution in [3.05, 3.63) is 42.1 Å². The number of aromatic nitrogens is 1. The zero-order chi connectivity index (χ0) is 21.3. The summed E-state index contributed by atoms with van der Waals surface area (Å²) < 4.78 is 24.5. The van der Waals surface area contributed by atoms with Crippen LogP contribution in [0.3, 0.4) is 0 Å². The molecule has 158 valence electrons. The van der Waals surface area contributed by atoms with Crippen molar-refractivity contribution >= 4 is 10.8 Å². The monoisotopic (exact) mass is 412 g/mol. The Kier molecular flexibility index (Phi) is 5.65. The summed E-state index contributed by atoms with van der Waals surface area (Å²) in [6.45, 7) is 0.453. The predicted octanol–water partition coefficient (Wildman–Crippen LogP) is 2.11. The van der Waals surface area contributed by atoms with Crippen molar-refractivity contribution in [1.29, 1.82) is 0 Å². The van der Waals surface area contributed by atoms with E-state index >= 15 is 0 Å². The molecule has 2 aromatic carbocycles. The maximum atomic E-state index is 9.65. The van der Waals surface area contributed by atoms with E-state index in [0.717, 1.165) is 35.0 Å². The Labute approximate surface area is 175 Å². The molecule has 1 aliphatic rings. The van der Waals surface area contributed by atoms with Gasteiger partial charge in [-0.3, -0.25) is 0 Å². The molecule has 1 unspecified atom stereocenters. The highest BCUT2D eigenvalue weighted by atomic mass is 16.5. The number of nitrogens with zero attached hydrogens (tertiary/aromatic N) is 1. The van der Waals surface area contributed by atoms with E-state index in [2.05, 4.69) is 16.8 Å². The molecule has 0 amide bonds. The molecule has 3 aromatic rings. The molecule has 0 aliphatic carbocycles. The summed E-state index contributed by atoms with van der Waals surface area (Å²) in [6.07, 6.45) is 1.99. The zero-order valence-electron chi connectivity index (χ0n) is 17.3. The predicted molar refractivity (Wildman–Crippen MR) is 112 cm³/mol. The van der Waals surface area contributed by atoms with Crippen molar-refractivity contribution in [3.63, 3.8) is 0 Å². The number of aliphatic hydroxyl groups excluding tert-OH is 2. The topological polar surface area (TPSA) is 81.3 Å². The van der Waals surface area contributed by atoms with E-state index in [-0.39, 0.29) is 13.2 Å². The lowest BCUT2D eigenvalue weighted by molar-refractivity contribution is -0.686. The summed E-state index contributed by atoms with van der Waals surface area (Å²) in [5.74, 6) is 2.56. The summed E-state index contributed by atoms with van der Waals surface area (Å²) in [5, 5.41) is 20.7. The molecule has 0 spiro atoms. The van der Waals surface area contributed by atoms with Crippen LogP contribution in [0.5, 0.6) is 23.0 Å². The summed E-state index contributed by atoms with van der Waals surface area (Å²) in [6, 6.07) is 9.98. The van der Waals surface area contributed by atoms with Gasteiger partial charge in [0.05, 0.1) is 38.9 Å². The van der Waals surface area contributed by atoms with E-state index in [1.807, 2.05) is 24.3 Å². The van der Waals surface area contributed by atoms with Gasteiger partial charge in [-0.15, -0.1) is 0 Å². The van der Waals surface area contributed by atoms with E-state index in [4.69, 9.17) is 24.1 Å². The number of pyridine rings is 1. The van der Waals surface area contributed by atoms with Crippen molar-refractivity contribution in [2.24, 2.45) is 0 Å². The molecule has 0 saturated heterocycles. The van der Waals surface area contributed by atoms with E-state index in [1.165, 1.54) is 5.56 Å². The van der Waals surface area contributed by atoms with Crippen LogP contribution in [0, 0.1) is 0 Å². The SMILES string of the molecule is COc1cc2c(cc1OCC(O)CO)-c1cc3ccc(OC)c(OC)c3c[n+]1CC2. The molecule has 0 fully saturated rings. The molecule has 4 rings (SSSR count). The molecule has 0 radical (unpaired) electrons. The third kappa shape index (κ3) is 3.51. The van der Waals surface area contributed by atoms with E-state index in [1.54, 1.807) is 21.3 Å². The standard InChI is InChI=1S/C23H26NO6/c1-27-20-5-4-14-8-19-17-10-22(30-13-16(26)12-25)21(28-2)9-15(17)6-7-24(19)11-18(14)23(20)29-3/h4-5,8-11,16,25-26H,6-7,12-13H2,1-3H3/q+1. The van der Waals surface area contributed by atoms with Crippen LogP contribution in [0.2, 0.25) is 0 Å². The molecule has 30 heavy (non-hydrogen) atoms. The molecular weight excluding hydrogens is 386 g/mol. The Balaban J connectivity index is 1.83. The van der Waals surface area contributed by atoms with Crippen molar-refractivity contribution in [1.82, 2.24) is 0 Å². The first-order valence-electron chi connectivity index (χ1n) is 9.80. The van der Waals surface area contributed by atoms with Crippen molar-refractivity contribution in [2.45, 2.75) is 19.1 Å². The fraction of sp³-hybridized carbons (Fsp3) is 0.348. The van der Waals surface area contributed by atoms with Crippen molar-refractivity contribution in [3.8, 4) is 34.3 Å². The first kappa shape index (κ1) is 20.3. The average Bonchev–Trinajstić information content (AvgIpc) is 2.79. The maximum Gasteiger partial charge on any atom is 0.213 e. The van der Waals surface area contributed by atoms with Gasteiger partial charge in [0.15, 0.2) is 35.7 Å². The number of methoxy groups -OCH3 is 3. The molecule has 7 heteroatoms. The second kappa shape index (κ2) is 8.38. The Morgan fingerprint density at radius 3 is 2.50 bits per heavy atom. The first-order valence-corrected chi connectivity index (χ1v) is 9.80. The zero-order valence-corrected chi connectivity index (χ0v) is 17.3. The lowest BCUT2D eigenvalue weighted by atomic mass is 9.95. The smallest absolute Gasteiger partial charge is 0.213 e. The minimum Gasteiger partial charge on any atom is -0.493 e. The van der Waals surface area contributed by atoms with Gasteiger partial charge in [-0.2, -0.15) is 4.57 Å². The van der Waals surface area contributed by atoms with Gasteiger partial charge in [-0.1, -0.05) is 0 Å². The average molecular weight is 412 g/mol. The summed E-state index contributed by atoms with van der Waals surface area (Å²) in [5.41, 5.74) is 3.28. The molecule has 2 N–H and O–H groups in total. The minimum absolute atomic E-state index is 0.0135. The molecule has 1 aromatic heterocycles. The molecule has 2 heterocycles. The molecule has 0 bridgehead atoms. The highest BCUT2D eigenvalue weighted by Gasteiger charge is 2.27. The van der Waals surface area contributed by atoms with E-state index < -0.39 is 6.10 Å². The number of benzene rings is 2. The number of rotatable bonds is 7. The summed E-state index contributed by atoms with van der Waals surface area (Å²) in [4.78, 5) is 0. The molecule has 0 saturated carbocycles. The van der Waals surface area contributed by atoms with Crippen molar-refractivity contribution in [2.75, 3.05) is 34.5 Å². The van der Waals surface area contributed by atoms with E-state index in [0.29, 0.717) is 23.0 Å². The summed E-state index contributed by atoms with van der Waals surface area (Å²) in [7, 11) is 4.87. The van der Waals surface area contributed by atoms with Crippen LogP contribution in [0.15, 0.2) is 36.5 Å². The highest BCUT2D eigenvalue weighted by molar-refractivity contribution is 5.91. The summed E-state index contributed by atoms with van der Waals surface area (Å²) >= 11 is 0. The van der Waals surface area contributed by atoms with Crippen LogP contribution in [-0.4, -0.2) is 50.9 Å². The second-order valence-corrected chi connectivity index (χ2v) is 7.21. The molecule has 1 aliphatic heterocycles. The van der Waals surface area contributed by atoms with Crippen LogP contribution in [0.4, 0.5) is 0 Å². The number of aliphatic hydroxyl groups is 2. The minimum atomic E-state index is -0.946. The van der Waals surface area contributed by atoms with Crippen LogP contribution < -0.4 is 23.5 Å². The normalized spacial score (nSPS) is 13.4. The maximum absolute atomic E-state index is 9.65. The van der Waals surface area contributed by atoms with Crippen LogP contribution in [0.25, 0.3) is 22.0 Å². The highest BCUT2D eigenvalue weighted by Crippen LogP contribution is 2.40. The van der Waals surface area contributed by atoms with E-state index in [9.17, 15) is 5.11 Å². The number of hydrogen-bond donors (Lipinski definition) is 2. The Morgan fingerprint density at radius 2 is 1.80 bits per heavy atom. The number of aryl methyl sites for hydroxylation is 2. The quantitative estimate of drug-likeness (QED) is 0.579. The van der Waals surface area contributed by atoms with Gasteiger partial charge >= 0.3 is 0 Å². The molecule has 7 nitrogen and oxygen atoms in total. The van der Waals surface area contributed by atoms with Gasteiger partial charge in [-0.25, -0.2) is 0 Å². The largest absolute Gasteiger partial charge is 0.493 e. The number of fused-ring (bicyclic) bond motifs is 4. The van der Waals surface area contributed by atoms with Crippen LogP contribution >= 0.6 is 0 Å². The van der Waals surface area contributed by atoms with Gasteiger partial charge in [0.2, 0.25) is 5.69 Å². The number of hydrogen-bond acceptors (Lipinski definition) is 6. The third-order valence-corrected chi connectivity index (χ3v) is 5.43. The van der Waals surface area contributed by atoms with Gasteiger partial charge in [0.25, 0.3) is 0 Å². The molecular formula is C23H26NO6+. The van der Waals surface area contributed by atoms with Gasteiger partial charge in [0, 0.05) is 12.5 Å². The number of ether oxygens (including phenoxy) is 4. The van der Waals surface area contributed by atoms with Gasteiger partial charge in [-0.05, 0) is 35.2 Å². The van der Waals surface area contributed by atoms with Crippen molar-refractivity contribution < 1.29 is 33.7 Å².